The van der Waals surface area contributed by atoms with Crippen molar-refractivity contribution in [3.8, 4) is 0 Å². The van der Waals surface area contributed by atoms with Gasteiger partial charge in [0.25, 0.3) is 0 Å². The second-order valence-corrected chi connectivity index (χ2v) is 5.41. The first kappa shape index (κ1) is 11.5. The van der Waals surface area contributed by atoms with E-state index in [-0.39, 0.29) is 0 Å². The molecular formula is C11H21BrO. The van der Waals surface area contributed by atoms with Gasteiger partial charge in [0, 0.05) is 18.5 Å². The predicted molar refractivity (Wildman–Crippen MR) is 60.4 cm³/mol. The second kappa shape index (κ2) is 6.83. The van der Waals surface area contributed by atoms with Crippen LogP contribution in [0.3, 0.4) is 0 Å². The van der Waals surface area contributed by atoms with Crippen molar-refractivity contribution in [1.29, 1.82) is 0 Å². The van der Waals surface area contributed by atoms with Gasteiger partial charge in [0.05, 0.1) is 0 Å². The molecule has 1 aliphatic rings. The van der Waals surface area contributed by atoms with Crippen LogP contribution in [0.25, 0.3) is 0 Å². The summed E-state index contributed by atoms with van der Waals surface area (Å²) < 4.78 is 5.04. The monoisotopic (exact) mass is 248 g/mol. The fourth-order valence-corrected chi connectivity index (χ4v) is 3.02. The summed E-state index contributed by atoms with van der Waals surface area (Å²) in [7, 11) is 1.79. The van der Waals surface area contributed by atoms with Gasteiger partial charge < -0.3 is 4.74 Å². The number of alkyl halides is 1. The summed E-state index contributed by atoms with van der Waals surface area (Å²) >= 11 is 3.73. The summed E-state index contributed by atoms with van der Waals surface area (Å²) in [5, 5.41) is 0. The molecule has 0 aromatic carbocycles. The van der Waals surface area contributed by atoms with Crippen molar-refractivity contribution < 1.29 is 4.74 Å². The van der Waals surface area contributed by atoms with Gasteiger partial charge >= 0.3 is 0 Å². The summed E-state index contributed by atoms with van der Waals surface area (Å²) in [6, 6.07) is 0. The highest BCUT2D eigenvalue weighted by molar-refractivity contribution is 9.09. The highest BCUT2D eigenvalue weighted by Gasteiger charge is 2.18. The van der Waals surface area contributed by atoms with Gasteiger partial charge in [-0.2, -0.15) is 0 Å². The Morgan fingerprint density at radius 2 is 2.15 bits per heavy atom. The van der Waals surface area contributed by atoms with Gasteiger partial charge in [-0.25, -0.2) is 0 Å². The van der Waals surface area contributed by atoms with Crippen LogP contribution in [0.2, 0.25) is 0 Å². The summed E-state index contributed by atoms with van der Waals surface area (Å²) in [6.07, 6.45) is 9.64. The van der Waals surface area contributed by atoms with Crippen LogP contribution in [0.1, 0.15) is 44.9 Å². The molecule has 0 bridgehead atoms. The Kier molecular flexibility index (Phi) is 6.05. The van der Waals surface area contributed by atoms with Crippen LogP contribution >= 0.6 is 15.9 Å². The fourth-order valence-electron chi connectivity index (χ4n) is 2.17. The molecule has 1 saturated carbocycles. The van der Waals surface area contributed by atoms with Gasteiger partial charge in [-0.1, -0.05) is 41.6 Å². The van der Waals surface area contributed by atoms with Crippen LogP contribution in [0, 0.1) is 5.92 Å². The molecule has 78 valence electrons. The van der Waals surface area contributed by atoms with E-state index in [1.807, 2.05) is 0 Å². The normalized spacial score (nSPS) is 29.1. The first-order valence-corrected chi connectivity index (χ1v) is 6.37. The minimum absolute atomic E-state index is 0.800. The number of rotatable bonds is 5. The minimum Gasteiger partial charge on any atom is -0.385 e. The van der Waals surface area contributed by atoms with E-state index in [0.29, 0.717) is 0 Å². The topological polar surface area (TPSA) is 9.23 Å². The van der Waals surface area contributed by atoms with Crippen molar-refractivity contribution in [3.05, 3.63) is 0 Å². The van der Waals surface area contributed by atoms with E-state index >= 15 is 0 Å². The SMILES string of the molecule is COCCCCC1CCCC(Br)C1. The molecule has 1 nitrogen and oxygen atoms in total. The summed E-state index contributed by atoms with van der Waals surface area (Å²) in [5.41, 5.74) is 0. The van der Waals surface area contributed by atoms with E-state index in [0.717, 1.165) is 17.4 Å². The van der Waals surface area contributed by atoms with Gasteiger partial charge in [0.15, 0.2) is 0 Å². The van der Waals surface area contributed by atoms with Gasteiger partial charge in [-0.3, -0.25) is 0 Å². The van der Waals surface area contributed by atoms with Crippen LogP contribution in [0.15, 0.2) is 0 Å². The summed E-state index contributed by atoms with van der Waals surface area (Å²) in [4.78, 5) is 0.800. The van der Waals surface area contributed by atoms with E-state index in [1.165, 1.54) is 44.9 Å². The molecule has 2 heteroatoms. The molecule has 2 unspecified atom stereocenters. The number of hydrogen-bond donors (Lipinski definition) is 0. The molecular weight excluding hydrogens is 228 g/mol. The molecule has 0 amide bonds. The number of hydrogen-bond acceptors (Lipinski definition) is 1. The molecule has 1 fully saturated rings. The Bertz CT molecular complexity index is 127. The van der Waals surface area contributed by atoms with E-state index in [1.54, 1.807) is 7.11 Å². The van der Waals surface area contributed by atoms with Crippen LogP contribution < -0.4 is 0 Å². The molecule has 0 aromatic heterocycles. The third kappa shape index (κ3) is 5.02. The van der Waals surface area contributed by atoms with Crippen LogP contribution in [0.5, 0.6) is 0 Å². The smallest absolute Gasteiger partial charge is 0.0462 e. The number of methoxy groups -OCH3 is 1. The molecule has 0 saturated heterocycles. The largest absolute Gasteiger partial charge is 0.385 e. The Labute approximate surface area is 90.4 Å². The number of ether oxygens (including phenoxy) is 1. The van der Waals surface area contributed by atoms with Crippen molar-refractivity contribution in [3.63, 3.8) is 0 Å². The number of unbranched alkanes of at least 4 members (excludes halogenated alkanes) is 1. The first-order chi connectivity index (χ1) is 6.33. The molecule has 1 aliphatic carbocycles. The molecule has 0 N–H and O–H groups in total. The first-order valence-electron chi connectivity index (χ1n) is 5.46. The Hall–Kier alpha value is 0.440. The van der Waals surface area contributed by atoms with Crippen molar-refractivity contribution in [2.75, 3.05) is 13.7 Å². The quantitative estimate of drug-likeness (QED) is 0.532. The highest BCUT2D eigenvalue weighted by Crippen LogP contribution is 2.31. The zero-order chi connectivity index (χ0) is 9.52. The van der Waals surface area contributed by atoms with E-state index in [2.05, 4.69) is 15.9 Å². The van der Waals surface area contributed by atoms with Crippen molar-refractivity contribution >= 4 is 15.9 Å². The maximum Gasteiger partial charge on any atom is 0.0462 e. The van der Waals surface area contributed by atoms with E-state index < -0.39 is 0 Å². The molecule has 0 radical (unpaired) electrons. The summed E-state index contributed by atoms with van der Waals surface area (Å²) in [6.45, 7) is 0.935. The van der Waals surface area contributed by atoms with Crippen LogP contribution in [-0.4, -0.2) is 18.5 Å². The van der Waals surface area contributed by atoms with Crippen molar-refractivity contribution in [2.45, 2.75) is 49.8 Å². The lowest BCUT2D eigenvalue weighted by Gasteiger charge is -2.25. The second-order valence-electron chi connectivity index (χ2n) is 4.12. The van der Waals surface area contributed by atoms with E-state index in [4.69, 9.17) is 4.74 Å². The van der Waals surface area contributed by atoms with Gasteiger partial charge in [0.2, 0.25) is 0 Å². The van der Waals surface area contributed by atoms with E-state index in [9.17, 15) is 0 Å². The minimum atomic E-state index is 0.800. The Balaban J connectivity index is 2.00. The van der Waals surface area contributed by atoms with Gasteiger partial charge in [-0.05, 0) is 25.2 Å². The van der Waals surface area contributed by atoms with Crippen LogP contribution in [-0.2, 0) is 4.74 Å². The lowest BCUT2D eigenvalue weighted by atomic mass is 9.86. The van der Waals surface area contributed by atoms with Crippen LogP contribution in [0.4, 0.5) is 0 Å². The maximum atomic E-state index is 5.04. The molecule has 13 heavy (non-hydrogen) atoms. The Morgan fingerprint density at radius 1 is 1.31 bits per heavy atom. The third-order valence-corrected chi connectivity index (χ3v) is 3.76. The van der Waals surface area contributed by atoms with Gasteiger partial charge in [0.1, 0.15) is 0 Å². The average Bonchev–Trinajstić information content (AvgIpc) is 2.13. The lowest BCUT2D eigenvalue weighted by Crippen LogP contribution is -2.15. The van der Waals surface area contributed by atoms with Crippen molar-refractivity contribution in [2.24, 2.45) is 5.92 Å². The Morgan fingerprint density at radius 3 is 2.85 bits per heavy atom. The zero-order valence-electron chi connectivity index (χ0n) is 8.60. The average molecular weight is 249 g/mol. The molecule has 0 spiro atoms. The molecule has 0 aromatic rings. The molecule has 1 rings (SSSR count). The highest BCUT2D eigenvalue weighted by atomic mass is 79.9. The predicted octanol–water partition coefficient (Wildman–Crippen LogP) is 3.76. The molecule has 2 atom stereocenters. The maximum absolute atomic E-state index is 5.04. The lowest BCUT2D eigenvalue weighted by molar-refractivity contribution is 0.188. The number of halogens is 1. The van der Waals surface area contributed by atoms with Gasteiger partial charge in [-0.15, -0.1) is 0 Å². The standard InChI is InChI=1S/C11H21BrO/c1-13-8-3-2-5-10-6-4-7-11(12)9-10/h10-11H,2-9H2,1H3. The molecule has 0 heterocycles. The zero-order valence-corrected chi connectivity index (χ0v) is 10.2. The third-order valence-electron chi connectivity index (χ3n) is 2.93. The van der Waals surface area contributed by atoms with Crippen molar-refractivity contribution in [1.82, 2.24) is 0 Å². The fraction of sp³-hybridized carbons (Fsp3) is 1.00. The molecule has 0 aliphatic heterocycles. The summed E-state index contributed by atoms with van der Waals surface area (Å²) in [5.74, 6) is 0.981.